The Hall–Kier alpha value is -2.24. The Morgan fingerprint density at radius 3 is 2.52 bits per heavy atom. The smallest absolute Gasteiger partial charge is 0.417 e. The molecule has 0 saturated carbocycles. The molecule has 3 aliphatic rings. The molecule has 2 unspecified atom stereocenters. The van der Waals surface area contributed by atoms with Gasteiger partial charge in [0.15, 0.2) is 0 Å². The van der Waals surface area contributed by atoms with Crippen molar-refractivity contribution in [2.75, 3.05) is 57.8 Å². The van der Waals surface area contributed by atoms with E-state index in [9.17, 15) is 41.0 Å². The molecule has 2 aromatic rings. The number of carboxylic acid groups (broad SMARTS) is 1. The molecule has 0 amide bonds. The Labute approximate surface area is 270 Å². The summed E-state index contributed by atoms with van der Waals surface area (Å²) in [5.41, 5.74) is 1.29. The number of carboxylic acids is 1. The number of piperidine rings is 2. The van der Waals surface area contributed by atoms with Gasteiger partial charge in [0.25, 0.3) is 0 Å². The van der Waals surface area contributed by atoms with E-state index >= 15 is 0 Å². The van der Waals surface area contributed by atoms with Crippen molar-refractivity contribution in [2.24, 2.45) is 5.92 Å². The van der Waals surface area contributed by atoms with E-state index < -0.39 is 45.9 Å². The summed E-state index contributed by atoms with van der Waals surface area (Å²) in [5.74, 6) is -0.986. The molecule has 5 rings (SSSR count). The van der Waals surface area contributed by atoms with Gasteiger partial charge in [0.05, 0.1) is 36.1 Å². The molecule has 0 bridgehead atoms. The zero-order valence-electron chi connectivity index (χ0n) is 25.8. The molecule has 10 nitrogen and oxygen atoms in total. The molecule has 1 aromatic heterocycles. The van der Waals surface area contributed by atoms with Crippen LogP contribution in [-0.4, -0.2) is 119 Å². The first-order chi connectivity index (χ1) is 21.7. The molecule has 0 spiro atoms. The lowest BCUT2D eigenvalue weighted by molar-refractivity contribution is -0.144. The summed E-state index contributed by atoms with van der Waals surface area (Å²) >= 11 is 1.07. The number of carbonyl (C=O) groups is 1. The number of halogens is 4. The van der Waals surface area contributed by atoms with Crippen LogP contribution in [0.15, 0.2) is 23.1 Å². The predicted octanol–water partition coefficient (Wildman–Crippen LogP) is 3.57. The van der Waals surface area contributed by atoms with E-state index in [2.05, 4.69) is 4.90 Å². The molecule has 16 heteroatoms. The molecule has 2 N–H and O–H groups in total. The molecular weight excluding hydrogens is 650 g/mol. The first-order valence-electron chi connectivity index (χ1n) is 15.6. The second kappa shape index (κ2) is 14.5. The third-order valence-electron chi connectivity index (χ3n) is 9.02. The van der Waals surface area contributed by atoms with Crippen LogP contribution >= 0.6 is 11.8 Å². The van der Waals surface area contributed by atoms with E-state index in [1.165, 1.54) is 16.4 Å². The number of benzene rings is 1. The van der Waals surface area contributed by atoms with Crippen molar-refractivity contribution in [1.29, 1.82) is 0 Å². The predicted molar refractivity (Wildman–Crippen MR) is 166 cm³/mol. The van der Waals surface area contributed by atoms with Crippen molar-refractivity contribution >= 4 is 27.8 Å². The Morgan fingerprint density at radius 2 is 1.85 bits per heavy atom. The van der Waals surface area contributed by atoms with Crippen molar-refractivity contribution in [3.63, 3.8) is 0 Å². The fourth-order valence-corrected chi connectivity index (χ4v) is 8.45. The highest BCUT2D eigenvalue weighted by Crippen LogP contribution is 2.40. The Morgan fingerprint density at radius 1 is 1.11 bits per heavy atom. The van der Waals surface area contributed by atoms with Crippen LogP contribution in [0.2, 0.25) is 0 Å². The van der Waals surface area contributed by atoms with E-state index in [-0.39, 0.29) is 31.1 Å². The van der Waals surface area contributed by atoms with Crippen LogP contribution in [-0.2, 0) is 40.5 Å². The standard InChI is InChI=1S/C30H41F4N5O5S2/c1-46(43,44)38-12-8-26-24(19-38)28(35-39(26)18-23(40)17-37-9-2-3-21(16-37)29(41)42)20-4-5-25(30(32,33)34)27(15-20)45-14-13-36-10-6-22(31)7-11-36/h4-5,15,21-23,40H,2-3,6-14,16-19H2,1H3,(H,41,42). The zero-order chi connectivity index (χ0) is 33.2. The van der Waals surface area contributed by atoms with Gasteiger partial charge in [-0.1, -0.05) is 6.07 Å². The monoisotopic (exact) mass is 691 g/mol. The fraction of sp³-hybridized carbons (Fsp3) is 0.667. The lowest BCUT2D eigenvalue weighted by Crippen LogP contribution is -2.43. The number of aliphatic carboxylic acids is 1. The van der Waals surface area contributed by atoms with Gasteiger partial charge in [-0.15, -0.1) is 11.8 Å². The minimum Gasteiger partial charge on any atom is -0.481 e. The van der Waals surface area contributed by atoms with Crippen molar-refractivity contribution < 1.29 is 41.0 Å². The van der Waals surface area contributed by atoms with Gasteiger partial charge in [0, 0.05) is 79.7 Å². The minimum absolute atomic E-state index is 0.0000355. The molecule has 2 atom stereocenters. The van der Waals surface area contributed by atoms with Gasteiger partial charge in [0.1, 0.15) is 6.17 Å². The number of thioether (sulfide) groups is 1. The molecule has 46 heavy (non-hydrogen) atoms. The maximum absolute atomic E-state index is 14.0. The van der Waals surface area contributed by atoms with Crippen LogP contribution in [0.1, 0.15) is 42.5 Å². The maximum Gasteiger partial charge on any atom is 0.417 e. The van der Waals surface area contributed by atoms with E-state index in [4.69, 9.17) is 5.10 Å². The number of aliphatic hydroxyl groups is 1. The summed E-state index contributed by atoms with van der Waals surface area (Å²) in [6.45, 7) is 3.14. The number of fused-ring (bicyclic) bond motifs is 1. The first-order valence-corrected chi connectivity index (χ1v) is 18.4. The topological polar surface area (TPSA) is 119 Å². The number of aliphatic hydroxyl groups excluding tert-OH is 1. The molecule has 1 aromatic carbocycles. The van der Waals surface area contributed by atoms with Crippen molar-refractivity contribution in [2.45, 2.75) is 68.5 Å². The normalized spacial score (nSPS) is 21.7. The number of β-amino-alcohol motifs (C(OH)–C–C–N with tert-alkyl or cyclic N) is 1. The van der Waals surface area contributed by atoms with Crippen molar-refractivity contribution in [1.82, 2.24) is 23.9 Å². The second-order valence-electron chi connectivity index (χ2n) is 12.5. The van der Waals surface area contributed by atoms with Gasteiger partial charge in [0.2, 0.25) is 10.0 Å². The Balaban J connectivity index is 1.41. The van der Waals surface area contributed by atoms with Gasteiger partial charge >= 0.3 is 12.1 Å². The Bertz CT molecular complexity index is 1500. The average Bonchev–Trinajstić information content (AvgIpc) is 3.34. The molecule has 3 aliphatic heterocycles. The number of likely N-dealkylation sites (tertiary alicyclic amines) is 2. The number of alkyl halides is 4. The van der Waals surface area contributed by atoms with Gasteiger partial charge in [-0.2, -0.15) is 22.6 Å². The lowest BCUT2D eigenvalue weighted by atomic mass is 9.98. The molecule has 256 valence electrons. The Kier molecular flexibility index (Phi) is 11.0. The minimum atomic E-state index is -4.59. The number of sulfonamides is 1. The largest absolute Gasteiger partial charge is 0.481 e. The average molecular weight is 692 g/mol. The second-order valence-corrected chi connectivity index (χ2v) is 15.6. The van der Waals surface area contributed by atoms with E-state index in [0.29, 0.717) is 93.1 Å². The number of nitrogens with zero attached hydrogens (tertiary/aromatic N) is 5. The van der Waals surface area contributed by atoms with Crippen LogP contribution in [0, 0.1) is 5.92 Å². The third-order valence-corrected chi connectivity index (χ3v) is 11.3. The van der Waals surface area contributed by atoms with Crippen LogP contribution < -0.4 is 0 Å². The van der Waals surface area contributed by atoms with Crippen LogP contribution in [0.5, 0.6) is 0 Å². The van der Waals surface area contributed by atoms with E-state index in [1.807, 2.05) is 4.90 Å². The highest BCUT2D eigenvalue weighted by molar-refractivity contribution is 7.99. The summed E-state index contributed by atoms with van der Waals surface area (Å²) in [7, 11) is -3.56. The van der Waals surface area contributed by atoms with Crippen molar-refractivity contribution in [3.05, 3.63) is 35.0 Å². The molecule has 4 heterocycles. The van der Waals surface area contributed by atoms with Crippen LogP contribution in [0.25, 0.3) is 11.3 Å². The summed E-state index contributed by atoms with van der Waals surface area (Å²) in [6, 6.07) is 3.82. The van der Waals surface area contributed by atoms with E-state index in [1.54, 1.807) is 4.68 Å². The molecule has 2 fully saturated rings. The number of hydrogen-bond donors (Lipinski definition) is 2. The maximum atomic E-state index is 14.0. The highest BCUT2D eigenvalue weighted by Gasteiger charge is 2.35. The number of rotatable bonds is 11. The van der Waals surface area contributed by atoms with Crippen molar-refractivity contribution in [3.8, 4) is 11.3 Å². The van der Waals surface area contributed by atoms with Gasteiger partial charge in [-0.05, 0) is 44.4 Å². The molecule has 2 saturated heterocycles. The number of hydrogen-bond acceptors (Lipinski definition) is 8. The van der Waals surface area contributed by atoms with Crippen LogP contribution in [0.4, 0.5) is 17.6 Å². The molecule has 0 aliphatic carbocycles. The SMILES string of the molecule is CS(=O)(=O)N1CCc2c(c(-c3ccc(C(F)(F)F)c(SCCN4CCC(F)CC4)c3)nn2CC(O)CN2CCCC(C(=O)O)C2)C1. The summed E-state index contributed by atoms with van der Waals surface area (Å²) in [6.07, 6.45) is -2.78. The lowest BCUT2D eigenvalue weighted by Gasteiger charge is -2.32. The van der Waals surface area contributed by atoms with Gasteiger partial charge < -0.3 is 15.1 Å². The zero-order valence-corrected chi connectivity index (χ0v) is 27.4. The molecular formula is C30H41F4N5O5S2. The third kappa shape index (κ3) is 8.61. The summed E-state index contributed by atoms with van der Waals surface area (Å²) in [5, 5.41) is 25.2. The first kappa shape index (κ1) is 35.1. The van der Waals surface area contributed by atoms with Gasteiger partial charge in [-0.25, -0.2) is 12.8 Å². The fourth-order valence-electron chi connectivity index (χ4n) is 6.54. The molecule has 0 radical (unpaired) electrons. The summed E-state index contributed by atoms with van der Waals surface area (Å²) < 4.78 is 83.5. The summed E-state index contributed by atoms with van der Waals surface area (Å²) in [4.78, 5) is 15.5. The highest BCUT2D eigenvalue weighted by atomic mass is 32.2. The van der Waals surface area contributed by atoms with Crippen LogP contribution in [0.3, 0.4) is 0 Å². The van der Waals surface area contributed by atoms with Gasteiger partial charge in [-0.3, -0.25) is 14.4 Å². The number of aromatic nitrogens is 2. The van der Waals surface area contributed by atoms with E-state index in [0.717, 1.165) is 24.1 Å². The quantitative estimate of drug-likeness (QED) is 0.269.